The maximum atomic E-state index is 8.44. The highest BCUT2D eigenvalue weighted by molar-refractivity contribution is 4.77. The SMILES string of the molecule is COC1CCCCC1CCCC#N. The molecule has 1 aliphatic carbocycles. The maximum absolute atomic E-state index is 8.44. The van der Waals surface area contributed by atoms with Gasteiger partial charge in [0.05, 0.1) is 12.2 Å². The molecule has 0 aromatic carbocycles. The fraction of sp³-hybridized carbons (Fsp3) is 0.909. The standard InChI is InChI=1S/C11H19NO/c1-13-11-8-3-2-6-10(11)7-4-5-9-12/h10-11H,2-8H2,1H3. The van der Waals surface area contributed by atoms with Crippen molar-refractivity contribution in [1.82, 2.24) is 0 Å². The molecular formula is C11H19NO. The van der Waals surface area contributed by atoms with E-state index < -0.39 is 0 Å². The second-order valence-corrected chi connectivity index (χ2v) is 3.87. The van der Waals surface area contributed by atoms with E-state index in [1.54, 1.807) is 0 Å². The molecule has 1 fully saturated rings. The van der Waals surface area contributed by atoms with Crippen molar-refractivity contribution in [2.75, 3.05) is 7.11 Å². The van der Waals surface area contributed by atoms with Crippen LogP contribution in [0.5, 0.6) is 0 Å². The lowest BCUT2D eigenvalue weighted by molar-refractivity contribution is 0.0198. The summed E-state index contributed by atoms with van der Waals surface area (Å²) in [7, 11) is 1.81. The van der Waals surface area contributed by atoms with Gasteiger partial charge in [0.25, 0.3) is 0 Å². The Morgan fingerprint density at radius 1 is 1.38 bits per heavy atom. The highest BCUT2D eigenvalue weighted by atomic mass is 16.5. The second kappa shape index (κ2) is 5.99. The molecule has 74 valence electrons. The van der Waals surface area contributed by atoms with Gasteiger partial charge in [0, 0.05) is 13.5 Å². The minimum Gasteiger partial charge on any atom is -0.381 e. The van der Waals surface area contributed by atoms with E-state index >= 15 is 0 Å². The molecule has 0 aromatic rings. The van der Waals surface area contributed by atoms with Gasteiger partial charge in [0.2, 0.25) is 0 Å². The Morgan fingerprint density at radius 3 is 2.85 bits per heavy atom. The van der Waals surface area contributed by atoms with Crippen molar-refractivity contribution < 1.29 is 4.74 Å². The zero-order valence-electron chi connectivity index (χ0n) is 8.46. The van der Waals surface area contributed by atoms with Crippen LogP contribution in [0.15, 0.2) is 0 Å². The molecule has 0 amide bonds. The summed E-state index contributed by atoms with van der Waals surface area (Å²) in [6, 6.07) is 2.20. The van der Waals surface area contributed by atoms with Crippen molar-refractivity contribution in [3.8, 4) is 6.07 Å². The topological polar surface area (TPSA) is 33.0 Å². The molecule has 1 aliphatic rings. The summed E-state index contributed by atoms with van der Waals surface area (Å²) >= 11 is 0. The van der Waals surface area contributed by atoms with E-state index in [2.05, 4.69) is 6.07 Å². The Bertz CT molecular complexity index is 173. The monoisotopic (exact) mass is 181 g/mol. The number of nitriles is 1. The molecule has 1 rings (SSSR count). The van der Waals surface area contributed by atoms with E-state index in [4.69, 9.17) is 10.00 Å². The predicted molar refractivity (Wildman–Crippen MR) is 52.2 cm³/mol. The molecule has 0 saturated heterocycles. The van der Waals surface area contributed by atoms with Crippen LogP contribution in [-0.2, 0) is 4.74 Å². The fourth-order valence-corrected chi connectivity index (χ4v) is 2.26. The summed E-state index contributed by atoms with van der Waals surface area (Å²) in [6.45, 7) is 0. The second-order valence-electron chi connectivity index (χ2n) is 3.87. The van der Waals surface area contributed by atoms with Crippen LogP contribution in [0.25, 0.3) is 0 Å². The van der Waals surface area contributed by atoms with Gasteiger partial charge in [-0.05, 0) is 31.6 Å². The number of unbranched alkanes of at least 4 members (excludes halogenated alkanes) is 1. The van der Waals surface area contributed by atoms with Crippen LogP contribution in [0.4, 0.5) is 0 Å². The number of hydrogen-bond donors (Lipinski definition) is 0. The largest absolute Gasteiger partial charge is 0.381 e. The van der Waals surface area contributed by atoms with E-state index in [9.17, 15) is 0 Å². The molecule has 0 heterocycles. The Balaban J connectivity index is 2.24. The van der Waals surface area contributed by atoms with Gasteiger partial charge in [-0.2, -0.15) is 5.26 Å². The van der Waals surface area contributed by atoms with Gasteiger partial charge >= 0.3 is 0 Å². The Kier molecular flexibility index (Phi) is 4.85. The summed E-state index contributed by atoms with van der Waals surface area (Å²) in [5.41, 5.74) is 0. The van der Waals surface area contributed by atoms with E-state index in [0.717, 1.165) is 6.42 Å². The molecule has 0 aliphatic heterocycles. The zero-order chi connectivity index (χ0) is 9.52. The van der Waals surface area contributed by atoms with Crippen molar-refractivity contribution in [1.29, 1.82) is 5.26 Å². The van der Waals surface area contributed by atoms with Crippen LogP contribution >= 0.6 is 0 Å². The van der Waals surface area contributed by atoms with Crippen LogP contribution in [0, 0.1) is 17.2 Å². The first-order valence-electron chi connectivity index (χ1n) is 5.28. The third-order valence-electron chi connectivity index (χ3n) is 3.01. The van der Waals surface area contributed by atoms with Gasteiger partial charge in [-0.25, -0.2) is 0 Å². The molecular weight excluding hydrogens is 162 g/mol. The maximum Gasteiger partial charge on any atom is 0.0621 e. The Morgan fingerprint density at radius 2 is 2.15 bits per heavy atom. The van der Waals surface area contributed by atoms with Crippen LogP contribution in [0.3, 0.4) is 0 Å². The van der Waals surface area contributed by atoms with Crippen molar-refractivity contribution >= 4 is 0 Å². The minimum atomic E-state index is 0.465. The van der Waals surface area contributed by atoms with Crippen LogP contribution in [-0.4, -0.2) is 13.2 Å². The molecule has 0 spiro atoms. The molecule has 0 aromatic heterocycles. The van der Waals surface area contributed by atoms with Gasteiger partial charge in [-0.15, -0.1) is 0 Å². The molecule has 0 radical (unpaired) electrons. The summed E-state index contributed by atoms with van der Waals surface area (Å²) in [6.07, 6.45) is 8.55. The lowest BCUT2D eigenvalue weighted by Crippen LogP contribution is -2.26. The van der Waals surface area contributed by atoms with E-state index in [-0.39, 0.29) is 0 Å². The average molecular weight is 181 g/mol. The fourth-order valence-electron chi connectivity index (χ4n) is 2.26. The highest BCUT2D eigenvalue weighted by Gasteiger charge is 2.23. The van der Waals surface area contributed by atoms with E-state index in [1.807, 2.05) is 7.11 Å². The Hall–Kier alpha value is -0.550. The van der Waals surface area contributed by atoms with Crippen molar-refractivity contribution in [3.05, 3.63) is 0 Å². The normalized spacial score (nSPS) is 28.3. The van der Waals surface area contributed by atoms with Gasteiger partial charge in [0.1, 0.15) is 0 Å². The van der Waals surface area contributed by atoms with E-state index in [1.165, 1.54) is 32.1 Å². The van der Waals surface area contributed by atoms with Crippen LogP contribution in [0.2, 0.25) is 0 Å². The molecule has 2 unspecified atom stereocenters. The number of rotatable bonds is 4. The average Bonchev–Trinajstić information content (AvgIpc) is 2.19. The first-order chi connectivity index (χ1) is 6.38. The van der Waals surface area contributed by atoms with Gasteiger partial charge < -0.3 is 4.74 Å². The number of nitrogens with zero attached hydrogens (tertiary/aromatic N) is 1. The molecule has 2 heteroatoms. The first-order valence-corrected chi connectivity index (χ1v) is 5.28. The van der Waals surface area contributed by atoms with Crippen molar-refractivity contribution in [2.24, 2.45) is 5.92 Å². The lowest BCUT2D eigenvalue weighted by atomic mass is 9.83. The predicted octanol–water partition coefficient (Wildman–Crippen LogP) is 2.89. The molecule has 1 saturated carbocycles. The first kappa shape index (κ1) is 10.5. The lowest BCUT2D eigenvalue weighted by Gasteiger charge is -2.30. The number of hydrogen-bond acceptors (Lipinski definition) is 2. The molecule has 0 bridgehead atoms. The summed E-state index contributed by atoms with van der Waals surface area (Å²) in [5.74, 6) is 0.715. The van der Waals surface area contributed by atoms with E-state index in [0.29, 0.717) is 18.4 Å². The zero-order valence-corrected chi connectivity index (χ0v) is 8.46. The highest BCUT2D eigenvalue weighted by Crippen LogP contribution is 2.30. The van der Waals surface area contributed by atoms with Crippen molar-refractivity contribution in [3.63, 3.8) is 0 Å². The van der Waals surface area contributed by atoms with Gasteiger partial charge in [0.15, 0.2) is 0 Å². The molecule has 13 heavy (non-hydrogen) atoms. The van der Waals surface area contributed by atoms with Gasteiger partial charge in [-0.3, -0.25) is 0 Å². The quantitative estimate of drug-likeness (QED) is 0.625. The van der Waals surface area contributed by atoms with Crippen molar-refractivity contribution in [2.45, 2.75) is 51.0 Å². The summed E-state index contributed by atoms with van der Waals surface area (Å²) < 4.78 is 5.45. The number of methoxy groups -OCH3 is 1. The molecule has 0 N–H and O–H groups in total. The number of ether oxygens (including phenoxy) is 1. The Labute approximate surface area is 80.9 Å². The molecule has 2 nitrogen and oxygen atoms in total. The molecule has 2 atom stereocenters. The van der Waals surface area contributed by atoms with Crippen LogP contribution < -0.4 is 0 Å². The van der Waals surface area contributed by atoms with Crippen LogP contribution in [0.1, 0.15) is 44.9 Å². The van der Waals surface area contributed by atoms with Gasteiger partial charge in [-0.1, -0.05) is 12.8 Å². The summed E-state index contributed by atoms with van der Waals surface area (Å²) in [5, 5.41) is 8.44. The third kappa shape index (κ3) is 3.36. The smallest absolute Gasteiger partial charge is 0.0621 e. The summed E-state index contributed by atoms with van der Waals surface area (Å²) in [4.78, 5) is 0. The minimum absolute atomic E-state index is 0.465. The third-order valence-corrected chi connectivity index (χ3v) is 3.01.